The Labute approximate surface area is 169 Å². The van der Waals surface area contributed by atoms with Crippen LogP contribution in [-0.4, -0.2) is 47.1 Å². The smallest absolute Gasteiger partial charge is 0.261 e. The number of aliphatic hydroxyl groups is 1. The molecule has 2 atom stereocenters. The lowest BCUT2D eigenvalue weighted by molar-refractivity contribution is -0.137. The third kappa shape index (κ3) is 4.94. The number of hydrogen-bond donors (Lipinski definition) is 3. The highest BCUT2D eigenvalue weighted by Gasteiger charge is 2.44. The van der Waals surface area contributed by atoms with E-state index in [1.807, 2.05) is 30.3 Å². The minimum absolute atomic E-state index is 0.00171. The Balaban J connectivity index is 1.76. The molecule has 0 radical (unpaired) electrons. The summed E-state index contributed by atoms with van der Waals surface area (Å²) < 4.78 is 32.8. The Morgan fingerprint density at radius 3 is 2.48 bits per heavy atom. The Morgan fingerprint density at radius 1 is 1.21 bits per heavy atom. The van der Waals surface area contributed by atoms with Crippen molar-refractivity contribution in [2.45, 2.75) is 42.9 Å². The van der Waals surface area contributed by atoms with E-state index >= 15 is 0 Å². The van der Waals surface area contributed by atoms with Crippen LogP contribution in [0.25, 0.3) is 0 Å². The molecule has 3 rings (SSSR count). The molecule has 1 fully saturated rings. The van der Waals surface area contributed by atoms with Gasteiger partial charge in [-0.3, -0.25) is 10.0 Å². The van der Waals surface area contributed by atoms with Crippen molar-refractivity contribution in [3.8, 4) is 5.75 Å². The maximum absolute atomic E-state index is 13.1. The quantitative estimate of drug-likeness (QED) is 0.484. The second kappa shape index (κ2) is 8.50. The van der Waals surface area contributed by atoms with Crippen LogP contribution in [0, 0.1) is 0 Å². The van der Waals surface area contributed by atoms with Gasteiger partial charge in [0.05, 0.1) is 10.5 Å². The highest BCUT2D eigenvalue weighted by Crippen LogP contribution is 2.31. The summed E-state index contributed by atoms with van der Waals surface area (Å²) in [6.07, 6.45) is 0.0661. The lowest BCUT2D eigenvalue weighted by Gasteiger charge is -2.40. The van der Waals surface area contributed by atoms with Gasteiger partial charge in [0, 0.05) is 13.0 Å². The molecular formula is C20H24N2O6S. The molecule has 2 aromatic rings. The van der Waals surface area contributed by atoms with E-state index in [0.29, 0.717) is 12.4 Å². The predicted octanol–water partition coefficient (Wildman–Crippen LogP) is 1.68. The fourth-order valence-corrected chi connectivity index (χ4v) is 4.88. The molecule has 1 saturated heterocycles. The van der Waals surface area contributed by atoms with E-state index in [-0.39, 0.29) is 24.3 Å². The molecule has 0 bridgehead atoms. The molecule has 8 nitrogen and oxygen atoms in total. The molecule has 1 aliphatic rings. The van der Waals surface area contributed by atoms with Gasteiger partial charge in [0.25, 0.3) is 5.91 Å². The molecule has 2 aromatic carbocycles. The molecule has 29 heavy (non-hydrogen) atoms. The minimum atomic E-state index is -4.01. The SMILES string of the molecule is CC1(O)CCN(S(=O)(=O)c2ccc(OCc3ccccc3)cc2)[C@@H](C(=O)NO)C1. The van der Waals surface area contributed by atoms with Crippen LogP contribution in [0.3, 0.4) is 0 Å². The number of piperidine rings is 1. The fraction of sp³-hybridized carbons (Fsp3) is 0.350. The van der Waals surface area contributed by atoms with Gasteiger partial charge in [0.1, 0.15) is 18.4 Å². The summed E-state index contributed by atoms with van der Waals surface area (Å²) in [7, 11) is -4.01. The van der Waals surface area contributed by atoms with Crippen LogP contribution in [-0.2, 0) is 21.4 Å². The zero-order valence-corrected chi connectivity index (χ0v) is 16.8. The average molecular weight is 420 g/mol. The van der Waals surface area contributed by atoms with Gasteiger partial charge in [-0.05, 0) is 43.2 Å². The largest absolute Gasteiger partial charge is 0.489 e. The Kier molecular flexibility index (Phi) is 6.23. The molecule has 0 saturated carbocycles. The Hall–Kier alpha value is -2.46. The van der Waals surface area contributed by atoms with Crippen molar-refractivity contribution in [1.82, 2.24) is 9.79 Å². The summed E-state index contributed by atoms with van der Waals surface area (Å²) in [5.41, 5.74) is 1.28. The van der Waals surface area contributed by atoms with Gasteiger partial charge in [-0.2, -0.15) is 4.31 Å². The van der Waals surface area contributed by atoms with Crippen LogP contribution in [0.5, 0.6) is 5.75 Å². The van der Waals surface area contributed by atoms with E-state index in [9.17, 15) is 18.3 Å². The molecule has 1 aliphatic heterocycles. The zero-order valence-electron chi connectivity index (χ0n) is 16.0. The second-order valence-corrected chi connectivity index (χ2v) is 9.19. The first-order chi connectivity index (χ1) is 13.7. The van der Waals surface area contributed by atoms with Crippen molar-refractivity contribution >= 4 is 15.9 Å². The van der Waals surface area contributed by atoms with Gasteiger partial charge in [0.2, 0.25) is 10.0 Å². The minimum Gasteiger partial charge on any atom is -0.489 e. The monoisotopic (exact) mass is 420 g/mol. The Morgan fingerprint density at radius 2 is 1.86 bits per heavy atom. The molecule has 1 amide bonds. The second-order valence-electron chi connectivity index (χ2n) is 7.30. The standard InChI is InChI=1S/C20H24N2O6S/c1-20(24)11-12-22(18(13-20)19(23)21-25)29(26,27)17-9-7-16(8-10-17)28-14-15-5-3-2-4-6-15/h2-10,18,24-25H,11-14H2,1H3,(H,21,23)/t18-,20?/m1/s1. The van der Waals surface area contributed by atoms with Crippen molar-refractivity contribution in [3.05, 3.63) is 60.2 Å². The van der Waals surface area contributed by atoms with Gasteiger partial charge in [-0.25, -0.2) is 13.9 Å². The first-order valence-electron chi connectivity index (χ1n) is 9.18. The third-order valence-electron chi connectivity index (χ3n) is 4.94. The first-order valence-corrected chi connectivity index (χ1v) is 10.6. The number of amides is 1. The summed E-state index contributed by atoms with van der Waals surface area (Å²) in [6.45, 7) is 1.85. The number of benzene rings is 2. The van der Waals surface area contributed by atoms with Crippen molar-refractivity contribution in [2.24, 2.45) is 0 Å². The van der Waals surface area contributed by atoms with E-state index in [1.165, 1.54) is 24.5 Å². The zero-order chi connectivity index (χ0) is 21.1. The summed E-state index contributed by atoms with van der Waals surface area (Å²) in [6, 6.07) is 14.3. The lowest BCUT2D eigenvalue weighted by Crippen LogP contribution is -2.57. The molecule has 0 aliphatic carbocycles. The van der Waals surface area contributed by atoms with E-state index in [4.69, 9.17) is 9.94 Å². The average Bonchev–Trinajstić information content (AvgIpc) is 2.72. The summed E-state index contributed by atoms with van der Waals surface area (Å²) in [5.74, 6) is -0.365. The topological polar surface area (TPSA) is 116 Å². The molecule has 1 heterocycles. The number of nitrogens with zero attached hydrogens (tertiary/aromatic N) is 1. The lowest BCUT2D eigenvalue weighted by atomic mass is 9.89. The molecule has 156 valence electrons. The van der Waals surface area contributed by atoms with E-state index < -0.39 is 27.6 Å². The number of rotatable bonds is 6. The van der Waals surface area contributed by atoms with Gasteiger partial charge < -0.3 is 9.84 Å². The highest BCUT2D eigenvalue weighted by molar-refractivity contribution is 7.89. The maximum Gasteiger partial charge on any atom is 0.261 e. The number of nitrogens with one attached hydrogen (secondary N) is 1. The fourth-order valence-electron chi connectivity index (χ4n) is 3.30. The third-order valence-corrected chi connectivity index (χ3v) is 6.87. The number of hydroxylamine groups is 1. The normalized spacial score (nSPS) is 22.8. The van der Waals surface area contributed by atoms with Crippen LogP contribution in [0.4, 0.5) is 0 Å². The number of ether oxygens (including phenoxy) is 1. The molecule has 0 spiro atoms. The van der Waals surface area contributed by atoms with Crippen molar-refractivity contribution in [1.29, 1.82) is 0 Å². The number of sulfonamides is 1. The number of carbonyl (C=O) groups is 1. The number of hydrogen-bond acceptors (Lipinski definition) is 6. The Bertz CT molecular complexity index is 945. The first kappa shape index (κ1) is 21.3. The summed E-state index contributed by atoms with van der Waals surface area (Å²) in [4.78, 5) is 12.0. The van der Waals surface area contributed by atoms with E-state index in [1.54, 1.807) is 12.1 Å². The van der Waals surface area contributed by atoms with E-state index in [0.717, 1.165) is 9.87 Å². The van der Waals surface area contributed by atoms with Crippen LogP contribution in [0.15, 0.2) is 59.5 Å². The molecule has 0 aromatic heterocycles. The van der Waals surface area contributed by atoms with Crippen LogP contribution in [0.1, 0.15) is 25.3 Å². The molecular weight excluding hydrogens is 396 g/mol. The van der Waals surface area contributed by atoms with Crippen molar-refractivity contribution < 1.29 is 28.3 Å². The summed E-state index contributed by atoms with van der Waals surface area (Å²) in [5, 5.41) is 19.2. The summed E-state index contributed by atoms with van der Waals surface area (Å²) >= 11 is 0. The van der Waals surface area contributed by atoms with Crippen LogP contribution in [0.2, 0.25) is 0 Å². The molecule has 3 N–H and O–H groups in total. The maximum atomic E-state index is 13.1. The van der Waals surface area contributed by atoms with Gasteiger partial charge in [0.15, 0.2) is 0 Å². The highest BCUT2D eigenvalue weighted by atomic mass is 32.2. The van der Waals surface area contributed by atoms with Gasteiger partial charge in [-0.15, -0.1) is 0 Å². The van der Waals surface area contributed by atoms with Gasteiger partial charge in [-0.1, -0.05) is 30.3 Å². The van der Waals surface area contributed by atoms with Gasteiger partial charge >= 0.3 is 0 Å². The van der Waals surface area contributed by atoms with Crippen molar-refractivity contribution in [2.75, 3.05) is 6.54 Å². The van der Waals surface area contributed by atoms with E-state index in [2.05, 4.69) is 0 Å². The number of carbonyl (C=O) groups excluding carboxylic acids is 1. The molecule has 1 unspecified atom stereocenters. The van der Waals surface area contributed by atoms with Crippen LogP contribution < -0.4 is 10.2 Å². The predicted molar refractivity (Wildman–Crippen MR) is 105 cm³/mol. The van der Waals surface area contributed by atoms with Crippen molar-refractivity contribution in [3.63, 3.8) is 0 Å². The van der Waals surface area contributed by atoms with Crippen LogP contribution >= 0.6 is 0 Å². The molecule has 9 heteroatoms.